The van der Waals surface area contributed by atoms with Gasteiger partial charge in [-0.1, -0.05) is 74.5 Å². The molecule has 7 nitrogen and oxygen atoms in total. The highest BCUT2D eigenvalue weighted by Crippen LogP contribution is 2.19. The molecule has 8 heteroatoms. The Labute approximate surface area is 228 Å². The quantitative estimate of drug-likeness (QED) is 0.303. The van der Waals surface area contributed by atoms with Crippen LogP contribution in [-0.4, -0.2) is 51.6 Å². The van der Waals surface area contributed by atoms with Crippen LogP contribution in [0.2, 0.25) is 0 Å². The molecule has 3 aromatic rings. The topological polar surface area (TPSA) is 88.1 Å². The molecule has 3 rings (SSSR count). The number of carbonyl (C=O) groups excluding carboxylic acids is 1. The molecule has 0 bridgehead atoms. The first-order valence-electron chi connectivity index (χ1n) is 12.9. The van der Waals surface area contributed by atoms with E-state index in [1.54, 1.807) is 28.6 Å². The number of hydrogen-bond donors (Lipinski definition) is 2. The van der Waals surface area contributed by atoms with Gasteiger partial charge in [0, 0.05) is 13.1 Å². The first-order chi connectivity index (χ1) is 18.4. The molecule has 0 aliphatic rings. The standard InChI is InChI=1S/C30H38N2O5S/c1-4-36-26-15-17-27(18-16-26)38(35)32(20-23(2)3)21-29(33)28(19-24-11-7-5-8-12-24)31-30(34)37-22-25-13-9-6-10-14-25/h5-18,23,28-29,33H,4,19-22H2,1-3H3,(H,31,34). The van der Waals surface area contributed by atoms with Crippen molar-refractivity contribution in [2.24, 2.45) is 5.92 Å². The normalized spacial score (nSPS) is 13.6. The number of alkyl carbamates (subject to hydrolysis) is 1. The monoisotopic (exact) mass is 538 g/mol. The second-order valence-electron chi connectivity index (χ2n) is 9.46. The Morgan fingerprint density at radius 2 is 1.53 bits per heavy atom. The molecule has 0 heterocycles. The van der Waals surface area contributed by atoms with E-state index in [9.17, 15) is 14.1 Å². The summed E-state index contributed by atoms with van der Waals surface area (Å²) >= 11 is 0. The van der Waals surface area contributed by atoms with Crippen LogP contribution >= 0.6 is 0 Å². The number of benzene rings is 3. The third-order valence-corrected chi connectivity index (χ3v) is 7.25. The van der Waals surface area contributed by atoms with E-state index in [-0.39, 0.29) is 19.1 Å². The number of aliphatic hydroxyl groups is 1. The Morgan fingerprint density at radius 3 is 2.11 bits per heavy atom. The molecule has 0 aliphatic carbocycles. The largest absolute Gasteiger partial charge is 0.494 e. The Bertz CT molecular complexity index is 1130. The van der Waals surface area contributed by atoms with E-state index < -0.39 is 29.2 Å². The average molecular weight is 539 g/mol. The molecule has 2 N–H and O–H groups in total. The van der Waals surface area contributed by atoms with Gasteiger partial charge in [0.15, 0.2) is 0 Å². The summed E-state index contributed by atoms with van der Waals surface area (Å²) in [5.74, 6) is 0.926. The summed E-state index contributed by atoms with van der Waals surface area (Å²) in [7, 11) is -1.50. The SMILES string of the molecule is CCOc1ccc(S(=O)N(CC(C)C)CC(O)C(Cc2ccccc2)NC(=O)OCc2ccccc2)cc1. The van der Waals surface area contributed by atoms with E-state index in [0.717, 1.165) is 11.1 Å². The Hall–Kier alpha value is -3.20. The number of rotatable bonds is 14. The minimum atomic E-state index is -1.50. The summed E-state index contributed by atoms with van der Waals surface area (Å²) < 4.78 is 26.2. The summed E-state index contributed by atoms with van der Waals surface area (Å²) in [5.41, 5.74) is 1.83. The Kier molecular flexibility index (Phi) is 11.8. The highest BCUT2D eigenvalue weighted by molar-refractivity contribution is 7.82. The molecule has 0 saturated carbocycles. The third-order valence-electron chi connectivity index (χ3n) is 5.81. The average Bonchev–Trinajstić information content (AvgIpc) is 2.92. The van der Waals surface area contributed by atoms with Gasteiger partial charge < -0.3 is 19.9 Å². The Morgan fingerprint density at radius 1 is 0.921 bits per heavy atom. The van der Waals surface area contributed by atoms with Crippen LogP contribution in [0.3, 0.4) is 0 Å². The molecule has 0 spiro atoms. The van der Waals surface area contributed by atoms with Crippen LogP contribution in [0.1, 0.15) is 31.9 Å². The van der Waals surface area contributed by atoms with Gasteiger partial charge in [0.2, 0.25) is 0 Å². The Balaban J connectivity index is 1.73. The van der Waals surface area contributed by atoms with E-state index in [1.165, 1.54) is 0 Å². The second kappa shape index (κ2) is 15.3. The maximum absolute atomic E-state index is 13.5. The zero-order chi connectivity index (χ0) is 27.3. The molecule has 0 fully saturated rings. The zero-order valence-electron chi connectivity index (χ0n) is 22.3. The minimum absolute atomic E-state index is 0.106. The third kappa shape index (κ3) is 9.59. The molecular weight excluding hydrogens is 500 g/mol. The smallest absolute Gasteiger partial charge is 0.407 e. The second-order valence-corrected chi connectivity index (χ2v) is 11.0. The molecule has 3 atom stereocenters. The van der Waals surface area contributed by atoms with Crippen molar-refractivity contribution < 1.29 is 23.6 Å². The van der Waals surface area contributed by atoms with E-state index in [4.69, 9.17) is 9.47 Å². The van der Waals surface area contributed by atoms with Crippen LogP contribution in [0.5, 0.6) is 5.75 Å². The van der Waals surface area contributed by atoms with E-state index >= 15 is 0 Å². The van der Waals surface area contributed by atoms with Crippen LogP contribution in [0.25, 0.3) is 0 Å². The lowest BCUT2D eigenvalue weighted by Crippen LogP contribution is -2.50. The van der Waals surface area contributed by atoms with Crippen molar-refractivity contribution in [1.29, 1.82) is 0 Å². The van der Waals surface area contributed by atoms with Crippen LogP contribution in [0, 0.1) is 5.92 Å². The van der Waals surface area contributed by atoms with Gasteiger partial charge in [0.05, 0.1) is 23.6 Å². The zero-order valence-corrected chi connectivity index (χ0v) is 23.1. The molecule has 204 valence electrons. The fourth-order valence-electron chi connectivity index (χ4n) is 3.99. The fraction of sp³-hybridized carbons (Fsp3) is 0.367. The number of aliphatic hydroxyl groups excluding tert-OH is 1. The van der Waals surface area contributed by atoms with Crippen LogP contribution in [0.15, 0.2) is 89.8 Å². The van der Waals surface area contributed by atoms with Crippen molar-refractivity contribution in [3.63, 3.8) is 0 Å². The predicted molar refractivity (Wildman–Crippen MR) is 150 cm³/mol. The van der Waals surface area contributed by atoms with Gasteiger partial charge in [0.25, 0.3) is 0 Å². The minimum Gasteiger partial charge on any atom is -0.494 e. The predicted octanol–water partition coefficient (Wildman–Crippen LogP) is 4.96. The molecule has 38 heavy (non-hydrogen) atoms. The van der Waals surface area contributed by atoms with Crippen LogP contribution in [-0.2, 0) is 28.8 Å². The number of nitrogens with zero attached hydrogens (tertiary/aromatic N) is 1. The number of amides is 1. The van der Waals surface area contributed by atoms with E-state index in [1.807, 2.05) is 81.4 Å². The van der Waals surface area contributed by atoms with Gasteiger partial charge in [-0.3, -0.25) is 0 Å². The van der Waals surface area contributed by atoms with Gasteiger partial charge in [-0.15, -0.1) is 0 Å². The molecule has 3 aromatic carbocycles. The number of ether oxygens (including phenoxy) is 2. The molecule has 0 saturated heterocycles. The summed E-state index contributed by atoms with van der Waals surface area (Å²) in [4.78, 5) is 13.3. The number of carbonyl (C=O) groups is 1. The van der Waals surface area contributed by atoms with Gasteiger partial charge in [-0.2, -0.15) is 0 Å². The molecule has 1 amide bonds. The molecule has 3 unspecified atom stereocenters. The summed E-state index contributed by atoms with van der Waals surface area (Å²) in [6.45, 7) is 7.28. The maximum Gasteiger partial charge on any atom is 0.407 e. The summed E-state index contributed by atoms with van der Waals surface area (Å²) in [6, 6.07) is 25.6. The van der Waals surface area contributed by atoms with Crippen molar-refractivity contribution in [2.45, 2.75) is 50.8 Å². The van der Waals surface area contributed by atoms with Gasteiger partial charge in [-0.25, -0.2) is 13.3 Å². The number of hydrogen-bond acceptors (Lipinski definition) is 5. The molecule has 0 aliphatic heterocycles. The lowest BCUT2D eigenvalue weighted by atomic mass is 10.0. The van der Waals surface area contributed by atoms with Gasteiger partial charge in [0.1, 0.15) is 23.3 Å². The van der Waals surface area contributed by atoms with Crippen molar-refractivity contribution in [2.75, 3.05) is 19.7 Å². The fourth-order valence-corrected chi connectivity index (χ4v) is 5.38. The summed E-state index contributed by atoms with van der Waals surface area (Å²) in [6.07, 6.45) is -1.21. The molecular formula is C30H38N2O5S. The lowest BCUT2D eigenvalue weighted by molar-refractivity contribution is 0.0883. The van der Waals surface area contributed by atoms with E-state index in [2.05, 4.69) is 5.32 Å². The summed E-state index contributed by atoms with van der Waals surface area (Å²) in [5, 5.41) is 14.2. The van der Waals surface area contributed by atoms with Crippen LogP contribution in [0.4, 0.5) is 4.79 Å². The highest BCUT2D eigenvalue weighted by Gasteiger charge is 2.28. The maximum atomic E-state index is 13.5. The van der Waals surface area contributed by atoms with Crippen LogP contribution < -0.4 is 10.1 Å². The first-order valence-corrected chi connectivity index (χ1v) is 14.0. The van der Waals surface area contributed by atoms with Gasteiger partial charge in [-0.05, 0) is 54.7 Å². The van der Waals surface area contributed by atoms with Crippen molar-refractivity contribution in [3.05, 3.63) is 96.1 Å². The first kappa shape index (κ1) is 29.4. The van der Waals surface area contributed by atoms with Gasteiger partial charge >= 0.3 is 6.09 Å². The van der Waals surface area contributed by atoms with Crippen molar-refractivity contribution in [3.8, 4) is 5.75 Å². The molecule has 0 aromatic heterocycles. The number of nitrogens with one attached hydrogen (secondary N) is 1. The highest BCUT2D eigenvalue weighted by atomic mass is 32.2. The van der Waals surface area contributed by atoms with Crippen molar-refractivity contribution in [1.82, 2.24) is 9.62 Å². The molecule has 0 radical (unpaired) electrons. The van der Waals surface area contributed by atoms with E-state index in [0.29, 0.717) is 30.2 Å². The van der Waals surface area contributed by atoms with Crippen molar-refractivity contribution >= 4 is 17.1 Å². The lowest BCUT2D eigenvalue weighted by Gasteiger charge is -2.30.